The number of amides is 1. The lowest BCUT2D eigenvalue weighted by Crippen LogP contribution is -2.34. The highest BCUT2D eigenvalue weighted by atomic mass is 19.4. The number of alkyl halides is 3. The standard InChI is InChI=1S/C26H30F3N5O3/c1-4-5-17(8-10-31-11-9-30)18-6-7-21-20(12-18)33-16-34(21)19-13-22(36-2)24(23(14-19)37-3)25(35)32-15-26(27,28)29/h6-7,12-14,16-17,31H,4-5,8,10-11,15H2,1-3H3,(H,32,35). The summed E-state index contributed by atoms with van der Waals surface area (Å²) in [5.74, 6) is -0.495. The Morgan fingerprint density at radius 2 is 1.86 bits per heavy atom. The summed E-state index contributed by atoms with van der Waals surface area (Å²) in [5.41, 5.74) is 3.18. The van der Waals surface area contributed by atoms with Gasteiger partial charge in [-0.2, -0.15) is 18.4 Å². The summed E-state index contributed by atoms with van der Waals surface area (Å²) in [6.45, 7) is 1.73. The SMILES string of the molecule is CCCC(CCNCC#N)c1ccc2c(c1)ncn2-c1cc(OC)c(C(=O)NCC(F)(F)F)c(OC)c1. The first-order chi connectivity index (χ1) is 17.7. The molecular weight excluding hydrogens is 487 g/mol. The van der Waals surface area contributed by atoms with Gasteiger partial charge in [-0.05, 0) is 43.0 Å². The second-order valence-corrected chi connectivity index (χ2v) is 8.50. The number of imidazole rings is 1. The number of hydrogen-bond donors (Lipinski definition) is 2. The first kappa shape index (κ1) is 27.8. The van der Waals surface area contributed by atoms with E-state index in [9.17, 15) is 18.0 Å². The summed E-state index contributed by atoms with van der Waals surface area (Å²) in [7, 11) is 2.66. The highest BCUT2D eigenvalue weighted by Gasteiger charge is 2.30. The van der Waals surface area contributed by atoms with Gasteiger partial charge in [0.05, 0.1) is 43.6 Å². The molecule has 2 aromatic carbocycles. The van der Waals surface area contributed by atoms with E-state index < -0.39 is 18.6 Å². The van der Waals surface area contributed by atoms with Crippen LogP contribution < -0.4 is 20.1 Å². The van der Waals surface area contributed by atoms with Crippen LogP contribution in [-0.4, -0.2) is 55.5 Å². The zero-order chi connectivity index (χ0) is 27.0. The maximum atomic E-state index is 12.6. The van der Waals surface area contributed by atoms with Gasteiger partial charge in [0.25, 0.3) is 5.91 Å². The molecule has 0 saturated heterocycles. The summed E-state index contributed by atoms with van der Waals surface area (Å²) < 4.78 is 50.3. The Balaban J connectivity index is 1.94. The van der Waals surface area contributed by atoms with E-state index in [1.54, 1.807) is 23.0 Å². The van der Waals surface area contributed by atoms with Crippen LogP contribution in [0.4, 0.5) is 13.2 Å². The smallest absolute Gasteiger partial charge is 0.405 e. The fraction of sp³-hybridized carbons (Fsp3) is 0.423. The van der Waals surface area contributed by atoms with Crippen molar-refractivity contribution >= 4 is 16.9 Å². The molecule has 0 aliphatic carbocycles. The summed E-state index contributed by atoms with van der Waals surface area (Å²) >= 11 is 0. The lowest BCUT2D eigenvalue weighted by atomic mass is 9.91. The quantitative estimate of drug-likeness (QED) is 0.266. The minimum atomic E-state index is -4.55. The Labute approximate surface area is 213 Å². The number of aromatic nitrogens is 2. The Bertz CT molecular complexity index is 1240. The monoisotopic (exact) mass is 517 g/mol. The number of carbonyl (C=O) groups excluding carboxylic acids is 1. The van der Waals surface area contributed by atoms with Gasteiger partial charge in [-0.1, -0.05) is 19.4 Å². The molecule has 11 heteroatoms. The third kappa shape index (κ3) is 6.92. The summed E-state index contributed by atoms with van der Waals surface area (Å²) in [5, 5.41) is 13.7. The Kier molecular flexibility index (Phi) is 9.36. The number of halogens is 3. The van der Waals surface area contributed by atoms with Crippen LogP contribution in [0.25, 0.3) is 16.7 Å². The number of ether oxygens (including phenoxy) is 2. The van der Waals surface area contributed by atoms with Crippen molar-refractivity contribution in [3.05, 3.63) is 47.8 Å². The van der Waals surface area contributed by atoms with Crippen molar-refractivity contribution in [2.24, 2.45) is 0 Å². The molecule has 0 bridgehead atoms. The molecule has 0 saturated carbocycles. The van der Waals surface area contributed by atoms with Crippen LogP contribution in [0.15, 0.2) is 36.7 Å². The third-order valence-electron chi connectivity index (χ3n) is 6.00. The van der Waals surface area contributed by atoms with Crippen LogP contribution in [0, 0.1) is 11.3 Å². The predicted octanol–water partition coefficient (Wildman–Crippen LogP) is 4.72. The zero-order valence-electron chi connectivity index (χ0n) is 21.0. The van der Waals surface area contributed by atoms with Crippen molar-refractivity contribution in [3.8, 4) is 23.3 Å². The maximum absolute atomic E-state index is 12.6. The molecule has 0 aliphatic heterocycles. The van der Waals surface area contributed by atoms with E-state index in [0.717, 1.165) is 42.4 Å². The molecule has 0 aliphatic rings. The number of nitrogens with one attached hydrogen (secondary N) is 2. The minimum Gasteiger partial charge on any atom is -0.496 e. The van der Waals surface area contributed by atoms with Gasteiger partial charge in [0.1, 0.15) is 29.9 Å². The average Bonchev–Trinajstić information content (AvgIpc) is 3.31. The number of nitrogens with zero attached hydrogens (tertiary/aromatic N) is 3. The van der Waals surface area contributed by atoms with Gasteiger partial charge in [-0.25, -0.2) is 4.98 Å². The van der Waals surface area contributed by atoms with Crippen LogP contribution in [0.3, 0.4) is 0 Å². The molecule has 3 aromatic rings. The summed E-state index contributed by atoms with van der Waals surface area (Å²) in [4.78, 5) is 17.1. The van der Waals surface area contributed by atoms with Gasteiger partial charge >= 0.3 is 6.18 Å². The number of carbonyl (C=O) groups is 1. The van der Waals surface area contributed by atoms with E-state index in [0.29, 0.717) is 18.2 Å². The summed E-state index contributed by atoms with van der Waals surface area (Å²) in [6.07, 6.45) is 0.0158. The number of nitriles is 1. The van der Waals surface area contributed by atoms with Gasteiger partial charge in [-0.15, -0.1) is 0 Å². The molecule has 1 heterocycles. The molecule has 8 nitrogen and oxygen atoms in total. The molecule has 0 radical (unpaired) electrons. The average molecular weight is 518 g/mol. The van der Waals surface area contributed by atoms with Crippen LogP contribution in [0.2, 0.25) is 0 Å². The van der Waals surface area contributed by atoms with Crippen molar-refractivity contribution < 1.29 is 27.4 Å². The lowest BCUT2D eigenvalue weighted by Gasteiger charge is -2.18. The Hall–Kier alpha value is -3.78. The van der Waals surface area contributed by atoms with Gasteiger partial charge in [0.2, 0.25) is 0 Å². The largest absolute Gasteiger partial charge is 0.496 e. The molecule has 37 heavy (non-hydrogen) atoms. The highest BCUT2D eigenvalue weighted by Crippen LogP contribution is 2.34. The van der Waals surface area contributed by atoms with Crippen molar-refractivity contribution in [1.82, 2.24) is 20.2 Å². The first-order valence-corrected chi connectivity index (χ1v) is 11.9. The summed E-state index contributed by atoms with van der Waals surface area (Å²) in [6, 6.07) is 11.3. The number of hydrogen-bond acceptors (Lipinski definition) is 6. The minimum absolute atomic E-state index is 0.0698. The molecule has 198 valence electrons. The van der Waals surface area contributed by atoms with Crippen molar-refractivity contribution in [3.63, 3.8) is 0 Å². The van der Waals surface area contributed by atoms with E-state index in [-0.39, 0.29) is 17.1 Å². The fourth-order valence-electron chi connectivity index (χ4n) is 4.27. The van der Waals surface area contributed by atoms with E-state index in [1.807, 2.05) is 17.4 Å². The van der Waals surface area contributed by atoms with E-state index >= 15 is 0 Å². The molecule has 2 N–H and O–H groups in total. The molecule has 3 rings (SSSR count). The molecular formula is C26H30F3N5O3. The lowest BCUT2D eigenvalue weighted by molar-refractivity contribution is -0.123. The molecule has 1 aromatic heterocycles. The van der Waals surface area contributed by atoms with Crippen molar-refractivity contribution in [1.29, 1.82) is 5.26 Å². The molecule has 1 atom stereocenters. The van der Waals surface area contributed by atoms with Crippen molar-refractivity contribution in [2.75, 3.05) is 33.9 Å². The fourth-order valence-corrected chi connectivity index (χ4v) is 4.27. The highest BCUT2D eigenvalue weighted by molar-refractivity contribution is 6.00. The Morgan fingerprint density at radius 1 is 1.16 bits per heavy atom. The number of fused-ring (bicyclic) bond motifs is 1. The number of benzene rings is 2. The zero-order valence-corrected chi connectivity index (χ0v) is 21.0. The second-order valence-electron chi connectivity index (χ2n) is 8.50. The van der Waals surface area contributed by atoms with Gasteiger partial charge in [0.15, 0.2) is 0 Å². The molecule has 0 fully saturated rings. The van der Waals surface area contributed by atoms with E-state index in [1.165, 1.54) is 14.2 Å². The van der Waals surface area contributed by atoms with E-state index in [4.69, 9.17) is 14.7 Å². The second kappa shape index (κ2) is 12.5. The van der Waals surface area contributed by atoms with Crippen LogP contribution in [0.5, 0.6) is 11.5 Å². The molecule has 1 unspecified atom stereocenters. The first-order valence-electron chi connectivity index (χ1n) is 11.9. The molecule has 0 spiro atoms. The maximum Gasteiger partial charge on any atom is 0.405 e. The number of methoxy groups -OCH3 is 2. The predicted molar refractivity (Wildman–Crippen MR) is 133 cm³/mol. The normalized spacial score (nSPS) is 12.2. The van der Waals surface area contributed by atoms with Crippen molar-refractivity contribution in [2.45, 2.75) is 38.3 Å². The van der Waals surface area contributed by atoms with Gasteiger partial charge < -0.3 is 20.1 Å². The topological polar surface area (TPSA) is 101 Å². The molecule has 1 amide bonds. The number of rotatable bonds is 12. The van der Waals surface area contributed by atoms with Crippen LogP contribution in [0.1, 0.15) is 48.0 Å². The third-order valence-corrected chi connectivity index (χ3v) is 6.00. The van der Waals surface area contributed by atoms with Crippen LogP contribution >= 0.6 is 0 Å². The van der Waals surface area contributed by atoms with Gasteiger partial charge in [-0.3, -0.25) is 9.36 Å². The van der Waals surface area contributed by atoms with E-state index in [2.05, 4.69) is 29.4 Å². The Morgan fingerprint density at radius 3 is 2.46 bits per heavy atom. The van der Waals surface area contributed by atoms with Crippen LogP contribution in [-0.2, 0) is 0 Å². The van der Waals surface area contributed by atoms with Gasteiger partial charge in [0, 0.05) is 12.1 Å².